The Hall–Kier alpha value is -1.79. The second-order valence-electron chi connectivity index (χ2n) is 9.84. The largest absolute Gasteiger partial charge is 0.397 e. The molecule has 0 spiro atoms. The molecular formula is C25H32O4Si. The van der Waals surface area contributed by atoms with Crippen molar-refractivity contribution in [1.82, 2.24) is 0 Å². The Bertz CT molecular complexity index is 849. The van der Waals surface area contributed by atoms with Crippen LogP contribution in [-0.2, 0) is 18.7 Å². The molecule has 0 aromatic heterocycles. The minimum atomic E-state index is -2.78. The van der Waals surface area contributed by atoms with Crippen LogP contribution in [0, 0.1) is 0 Å². The van der Waals surface area contributed by atoms with E-state index >= 15 is 0 Å². The molecule has 4 rings (SSSR count). The SMILES string of the molecule is CC1(C)O[C@@H]2CC[C@@H](O[Si](c3ccccc3)(c3ccccc3)C(C)(C)C)C(=O)[C@@H]2O1. The quantitative estimate of drug-likeness (QED) is 0.700. The molecule has 3 atom stereocenters. The van der Waals surface area contributed by atoms with Crippen LogP contribution in [0.2, 0.25) is 5.04 Å². The fraction of sp³-hybridized carbons (Fsp3) is 0.480. The normalized spacial score (nSPS) is 26.4. The Morgan fingerprint density at radius 1 is 0.900 bits per heavy atom. The van der Waals surface area contributed by atoms with Gasteiger partial charge >= 0.3 is 0 Å². The number of ketones is 1. The predicted molar refractivity (Wildman–Crippen MR) is 121 cm³/mol. The van der Waals surface area contributed by atoms with Crippen LogP contribution in [0.15, 0.2) is 60.7 Å². The topological polar surface area (TPSA) is 44.8 Å². The van der Waals surface area contributed by atoms with Crippen LogP contribution in [0.4, 0.5) is 0 Å². The smallest absolute Gasteiger partial charge is 0.262 e. The van der Waals surface area contributed by atoms with Crippen LogP contribution >= 0.6 is 0 Å². The van der Waals surface area contributed by atoms with Gasteiger partial charge in [-0.2, -0.15) is 0 Å². The van der Waals surface area contributed by atoms with E-state index in [0.29, 0.717) is 6.42 Å². The zero-order valence-electron chi connectivity index (χ0n) is 18.6. The zero-order chi connectivity index (χ0) is 21.6. The van der Waals surface area contributed by atoms with Crippen molar-refractivity contribution in [2.75, 3.05) is 0 Å². The first-order chi connectivity index (χ1) is 14.1. The number of carbonyl (C=O) groups is 1. The Morgan fingerprint density at radius 3 is 1.93 bits per heavy atom. The standard InChI is InChI=1S/C25H32O4Si/c1-24(2,3)30(18-12-8-6-9-13-18,19-14-10-7-11-15-19)29-20-16-17-21-23(22(20)26)28-25(4,5)27-21/h6-15,20-21,23H,16-17H2,1-5H3/t20-,21-,23-/m1/s1. The molecule has 1 aliphatic heterocycles. The van der Waals surface area contributed by atoms with Gasteiger partial charge in [-0.3, -0.25) is 4.79 Å². The van der Waals surface area contributed by atoms with Crippen LogP contribution in [-0.4, -0.2) is 38.2 Å². The molecule has 30 heavy (non-hydrogen) atoms. The Balaban J connectivity index is 1.77. The molecule has 4 nitrogen and oxygen atoms in total. The van der Waals surface area contributed by atoms with Gasteiger partial charge in [-0.1, -0.05) is 81.4 Å². The van der Waals surface area contributed by atoms with Gasteiger partial charge in [-0.15, -0.1) is 0 Å². The summed E-state index contributed by atoms with van der Waals surface area (Å²) in [5.74, 6) is -0.707. The fourth-order valence-corrected chi connectivity index (χ4v) is 9.63. The lowest BCUT2D eigenvalue weighted by Gasteiger charge is -2.46. The van der Waals surface area contributed by atoms with E-state index in [9.17, 15) is 4.79 Å². The van der Waals surface area contributed by atoms with Crippen molar-refractivity contribution in [2.24, 2.45) is 0 Å². The number of benzene rings is 2. The number of rotatable bonds is 4. The van der Waals surface area contributed by atoms with Crippen molar-refractivity contribution in [1.29, 1.82) is 0 Å². The van der Waals surface area contributed by atoms with Gasteiger partial charge in [0.25, 0.3) is 8.32 Å². The number of carbonyl (C=O) groups excluding carboxylic acids is 1. The lowest BCUT2D eigenvalue weighted by Crippen LogP contribution is -2.69. The summed E-state index contributed by atoms with van der Waals surface area (Å²) in [6, 6.07) is 20.9. The molecule has 2 fully saturated rings. The summed E-state index contributed by atoms with van der Waals surface area (Å²) in [7, 11) is -2.78. The van der Waals surface area contributed by atoms with Gasteiger partial charge in [-0.25, -0.2) is 0 Å². The third kappa shape index (κ3) is 3.69. The summed E-state index contributed by atoms with van der Waals surface area (Å²) in [4.78, 5) is 13.5. The van der Waals surface area contributed by atoms with Crippen LogP contribution in [0.25, 0.3) is 0 Å². The molecule has 2 aliphatic rings. The molecule has 0 N–H and O–H groups in total. The lowest BCUT2D eigenvalue weighted by atomic mass is 9.91. The molecular weight excluding hydrogens is 392 g/mol. The summed E-state index contributed by atoms with van der Waals surface area (Å²) in [5.41, 5.74) is 0. The molecule has 0 bridgehead atoms. The highest BCUT2D eigenvalue weighted by Crippen LogP contribution is 2.41. The van der Waals surface area contributed by atoms with Gasteiger partial charge in [-0.05, 0) is 42.1 Å². The van der Waals surface area contributed by atoms with E-state index in [-0.39, 0.29) is 16.9 Å². The average Bonchev–Trinajstić information content (AvgIpc) is 3.03. The summed E-state index contributed by atoms with van der Waals surface area (Å²) in [6.07, 6.45) is 0.214. The second-order valence-corrected chi connectivity index (χ2v) is 14.1. The monoisotopic (exact) mass is 424 g/mol. The van der Waals surface area contributed by atoms with Crippen molar-refractivity contribution in [2.45, 2.75) is 76.6 Å². The maximum absolute atomic E-state index is 13.5. The average molecular weight is 425 g/mol. The van der Waals surface area contributed by atoms with Gasteiger partial charge in [0, 0.05) is 0 Å². The number of fused-ring (bicyclic) bond motifs is 1. The molecule has 2 aromatic rings. The van der Waals surface area contributed by atoms with Gasteiger partial charge in [0.05, 0.1) is 6.10 Å². The van der Waals surface area contributed by atoms with Gasteiger partial charge in [0.15, 0.2) is 11.6 Å². The van der Waals surface area contributed by atoms with E-state index < -0.39 is 26.3 Å². The van der Waals surface area contributed by atoms with Crippen LogP contribution in [0.3, 0.4) is 0 Å². The van der Waals surface area contributed by atoms with Gasteiger partial charge < -0.3 is 13.9 Å². The maximum atomic E-state index is 13.5. The van der Waals surface area contributed by atoms with Crippen molar-refractivity contribution in [3.63, 3.8) is 0 Å². The first kappa shape index (κ1) is 21.4. The molecule has 0 amide bonds. The summed E-state index contributed by atoms with van der Waals surface area (Å²) >= 11 is 0. The molecule has 1 heterocycles. The first-order valence-corrected chi connectivity index (χ1v) is 12.7. The summed E-state index contributed by atoms with van der Waals surface area (Å²) in [6.45, 7) is 10.4. The third-order valence-electron chi connectivity index (χ3n) is 6.23. The lowest BCUT2D eigenvalue weighted by molar-refractivity contribution is -0.156. The van der Waals surface area contributed by atoms with Gasteiger partial charge in [0.2, 0.25) is 0 Å². The van der Waals surface area contributed by atoms with Crippen molar-refractivity contribution < 1.29 is 18.7 Å². The van der Waals surface area contributed by atoms with E-state index in [1.54, 1.807) is 0 Å². The number of hydrogen-bond donors (Lipinski definition) is 0. The zero-order valence-corrected chi connectivity index (χ0v) is 19.6. The summed E-state index contributed by atoms with van der Waals surface area (Å²) in [5, 5.41) is 2.20. The second kappa shape index (κ2) is 7.72. The van der Waals surface area contributed by atoms with E-state index in [1.807, 2.05) is 26.0 Å². The van der Waals surface area contributed by atoms with Crippen molar-refractivity contribution in [3.8, 4) is 0 Å². The molecule has 1 saturated heterocycles. The van der Waals surface area contributed by atoms with Crippen LogP contribution in [0.5, 0.6) is 0 Å². The molecule has 1 aliphatic carbocycles. The predicted octanol–water partition coefficient (Wildman–Crippen LogP) is 3.81. The third-order valence-corrected chi connectivity index (χ3v) is 11.3. The fourth-order valence-electron chi connectivity index (χ4n) is 4.95. The van der Waals surface area contributed by atoms with Crippen molar-refractivity contribution >= 4 is 24.5 Å². The Kier molecular flexibility index (Phi) is 5.52. The van der Waals surface area contributed by atoms with E-state index in [4.69, 9.17) is 13.9 Å². The molecule has 160 valence electrons. The number of Topliss-reactive ketones (excluding diaryl/α,β-unsaturated/α-hetero) is 1. The number of ether oxygens (including phenoxy) is 2. The van der Waals surface area contributed by atoms with Crippen LogP contribution < -0.4 is 10.4 Å². The molecule has 5 heteroatoms. The van der Waals surface area contributed by atoms with Crippen molar-refractivity contribution in [3.05, 3.63) is 60.7 Å². The molecule has 1 saturated carbocycles. The number of hydrogen-bond acceptors (Lipinski definition) is 4. The molecule has 0 radical (unpaired) electrons. The van der Waals surface area contributed by atoms with E-state index in [0.717, 1.165) is 6.42 Å². The molecule has 0 unspecified atom stereocenters. The van der Waals surface area contributed by atoms with E-state index in [2.05, 4.69) is 69.3 Å². The highest BCUT2D eigenvalue weighted by molar-refractivity contribution is 6.99. The van der Waals surface area contributed by atoms with Gasteiger partial charge in [0.1, 0.15) is 12.2 Å². The first-order valence-electron chi connectivity index (χ1n) is 10.8. The minimum absolute atomic E-state index is 0.0183. The van der Waals surface area contributed by atoms with Crippen LogP contribution in [0.1, 0.15) is 47.5 Å². The molecule has 2 aromatic carbocycles. The van der Waals surface area contributed by atoms with E-state index in [1.165, 1.54) is 10.4 Å². The Morgan fingerprint density at radius 2 is 1.43 bits per heavy atom. The Labute approximate surface area is 180 Å². The minimum Gasteiger partial charge on any atom is -0.397 e. The highest BCUT2D eigenvalue weighted by Gasteiger charge is 2.56. The highest BCUT2D eigenvalue weighted by atomic mass is 28.4. The summed E-state index contributed by atoms with van der Waals surface area (Å²) < 4.78 is 19.0. The maximum Gasteiger partial charge on any atom is 0.262 e.